The summed E-state index contributed by atoms with van der Waals surface area (Å²) in [5, 5.41) is 31.2. The van der Waals surface area contributed by atoms with Crippen molar-refractivity contribution in [3.8, 4) is 45.5 Å². The number of ether oxygens (including phenoxy) is 1. The standard InChI is InChI=1S/C23H23N3O4/c1-30-19-9-5-17(6-10-19)21-20(16-3-7-18(27)8-4-16)22(28)23(29)26(21)13-2-12-25-14-11-24-15-25/h3-11,14-15,27-29H,2,12-13H2,1H3. The number of phenolic OH excluding ortho intramolecular Hbond substituents is 1. The molecule has 2 heterocycles. The lowest BCUT2D eigenvalue weighted by Gasteiger charge is -2.13. The molecule has 4 rings (SSSR count). The van der Waals surface area contributed by atoms with Crippen LogP contribution in [0.1, 0.15) is 6.42 Å². The zero-order valence-corrected chi connectivity index (χ0v) is 16.6. The van der Waals surface area contributed by atoms with Gasteiger partial charge in [-0.25, -0.2) is 4.98 Å². The van der Waals surface area contributed by atoms with Crippen LogP contribution in [0.25, 0.3) is 22.4 Å². The number of aryl methyl sites for hydroxylation is 1. The Morgan fingerprint density at radius 2 is 1.60 bits per heavy atom. The Bertz CT molecular complexity index is 1110. The van der Waals surface area contributed by atoms with E-state index in [2.05, 4.69) is 4.98 Å². The lowest BCUT2D eigenvalue weighted by molar-refractivity contribution is 0.368. The fraction of sp³-hybridized carbons (Fsp3) is 0.174. The first-order valence-corrected chi connectivity index (χ1v) is 9.62. The molecule has 0 aliphatic rings. The minimum Gasteiger partial charge on any atom is -0.508 e. The molecule has 0 saturated carbocycles. The quantitative estimate of drug-likeness (QED) is 0.428. The van der Waals surface area contributed by atoms with Gasteiger partial charge in [-0.15, -0.1) is 0 Å². The Balaban J connectivity index is 1.79. The van der Waals surface area contributed by atoms with Gasteiger partial charge in [-0.05, 0) is 53.9 Å². The molecule has 154 valence electrons. The summed E-state index contributed by atoms with van der Waals surface area (Å²) in [6, 6.07) is 14.0. The fourth-order valence-electron chi connectivity index (χ4n) is 3.59. The van der Waals surface area contributed by atoms with E-state index >= 15 is 0 Å². The van der Waals surface area contributed by atoms with Crippen LogP contribution in [0.15, 0.2) is 67.3 Å². The highest BCUT2D eigenvalue weighted by Gasteiger charge is 2.24. The van der Waals surface area contributed by atoms with Gasteiger partial charge in [0.15, 0.2) is 5.75 Å². The highest BCUT2D eigenvalue weighted by molar-refractivity contribution is 5.89. The third-order valence-electron chi connectivity index (χ3n) is 5.09. The van der Waals surface area contributed by atoms with Crippen molar-refractivity contribution in [1.29, 1.82) is 0 Å². The molecular formula is C23H23N3O4. The van der Waals surface area contributed by atoms with Crippen molar-refractivity contribution < 1.29 is 20.1 Å². The van der Waals surface area contributed by atoms with Crippen molar-refractivity contribution in [3.63, 3.8) is 0 Å². The monoisotopic (exact) mass is 405 g/mol. The molecule has 0 bridgehead atoms. The number of aromatic hydroxyl groups is 3. The van der Waals surface area contributed by atoms with E-state index in [0.29, 0.717) is 23.4 Å². The van der Waals surface area contributed by atoms with E-state index in [0.717, 1.165) is 24.3 Å². The molecule has 0 aliphatic heterocycles. The van der Waals surface area contributed by atoms with E-state index in [-0.39, 0.29) is 17.4 Å². The lowest BCUT2D eigenvalue weighted by atomic mass is 10.0. The fourth-order valence-corrected chi connectivity index (χ4v) is 3.59. The molecule has 0 spiro atoms. The molecule has 0 unspecified atom stereocenters. The number of aromatic nitrogens is 3. The Morgan fingerprint density at radius 1 is 0.900 bits per heavy atom. The smallest absolute Gasteiger partial charge is 0.235 e. The summed E-state index contributed by atoms with van der Waals surface area (Å²) in [6.45, 7) is 1.23. The van der Waals surface area contributed by atoms with E-state index in [9.17, 15) is 15.3 Å². The third-order valence-corrected chi connectivity index (χ3v) is 5.09. The molecule has 3 N–H and O–H groups in total. The predicted molar refractivity (Wildman–Crippen MR) is 114 cm³/mol. The second-order valence-corrected chi connectivity index (χ2v) is 6.98. The van der Waals surface area contributed by atoms with Gasteiger partial charge >= 0.3 is 0 Å². The van der Waals surface area contributed by atoms with Gasteiger partial charge in [0.2, 0.25) is 5.88 Å². The summed E-state index contributed by atoms with van der Waals surface area (Å²) < 4.78 is 8.94. The summed E-state index contributed by atoms with van der Waals surface area (Å²) in [5.41, 5.74) is 2.74. The number of hydrogen-bond acceptors (Lipinski definition) is 5. The molecule has 0 saturated heterocycles. The zero-order chi connectivity index (χ0) is 21.1. The topological polar surface area (TPSA) is 92.7 Å². The van der Waals surface area contributed by atoms with Gasteiger partial charge in [0.25, 0.3) is 0 Å². The number of phenols is 1. The van der Waals surface area contributed by atoms with Crippen molar-refractivity contribution in [3.05, 3.63) is 67.3 Å². The number of methoxy groups -OCH3 is 1. The van der Waals surface area contributed by atoms with E-state index in [4.69, 9.17) is 4.74 Å². The molecule has 2 aromatic heterocycles. The van der Waals surface area contributed by atoms with Gasteiger partial charge in [-0.2, -0.15) is 0 Å². The average molecular weight is 405 g/mol. The molecule has 0 fully saturated rings. The van der Waals surface area contributed by atoms with Crippen LogP contribution < -0.4 is 4.74 Å². The van der Waals surface area contributed by atoms with Gasteiger partial charge in [0.1, 0.15) is 11.5 Å². The van der Waals surface area contributed by atoms with Gasteiger partial charge in [0, 0.05) is 25.5 Å². The first-order valence-electron chi connectivity index (χ1n) is 9.62. The number of benzene rings is 2. The normalized spacial score (nSPS) is 11.0. The molecule has 7 heteroatoms. The lowest BCUT2D eigenvalue weighted by Crippen LogP contribution is -2.04. The second-order valence-electron chi connectivity index (χ2n) is 6.98. The van der Waals surface area contributed by atoms with Crippen LogP contribution in [-0.4, -0.2) is 36.5 Å². The van der Waals surface area contributed by atoms with Crippen LogP contribution in [0.3, 0.4) is 0 Å². The highest BCUT2D eigenvalue weighted by Crippen LogP contribution is 2.47. The molecule has 2 aromatic carbocycles. The SMILES string of the molecule is COc1ccc(-c2c(-c3ccc(O)cc3)c(O)c(O)n2CCCn2ccnc2)cc1. The second kappa shape index (κ2) is 8.24. The minimum atomic E-state index is -0.186. The van der Waals surface area contributed by atoms with Crippen molar-refractivity contribution >= 4 is 0 Å². The largest absolute Gasteiger partial charge is 0.508 e. The van der Waals surface area contributed by atoms with Gasteiger partial charge < -0.3 is 29.2 Å². The Hall–Kier alpha value is -3.87. The molecule has 0 radical (unpaired) electrons. The molecular weight excluding hydrogens is 382 g/mol. The number of hydrogen-bond donors (Lipinski definition) is 3. The zero-order valence-electron chi connectivity index (χ0n) is 16.6. The van der Waals surface area contributed by atoms with Crippen molar-refractivity contribution in [2.75, 3.05) is 7.11 Å². The maximum absolute atomic E-state index is 10.8. The van der Waals surface area contributed by atoms with Gasteiger partial charge in [0.05, 0.1) is 24.7 Å². The predicted octanol–water partition coefficient (Wildman–Crippen LogP) is 4.23. The Morgan fingerprint density at radius 3 is 2.23 bits per heavy atom. The van der Waals surface area contributed by atoms with Crippen LogP contribution in [0.5, 0.6) is 23.1 Å². The van der Waals surface area contributed by atoms with Crippen LogP contribution in [0, 0.1) is 0 Å². The van der Waals surface area contributed by atoms with E-state index < -0.39 is 0 Å². The Kier molecular flexibility index (Phi) is 5.34. The number of imidazole rings is 1. The summed E-state index contributed by atoms with van der Waals surface area (Å²) in [6.07, 6.45) is 6.10. The maximum atomic E-state index is 10.8. The van der Waals surface area contributed by atoms with Gasteiger partial charge in [-0.1, -0.05) is 12.1 Å². The number of rotatable bonds is 7. The van der Waals surface area contributed by atoms with Crippen LogP contribution in [0.2, 0.25) is 0 Å². The first kappa shape index (κ1) is 19.4. The van der Waals surface area contributed by atoms with Crippen LogP contribution >= 0.6 is 0 Å². The summed E-state index contributed by atoms with van der Waals surface area (Å²) >= 11 is 0. The molecule has 7 nitrogen and oxygen atoms in total. The summed E-state index contributed by atoms with van der Waals surface area (Å²) in [7, 11) is 1.60. The molecule has 4 aromatic rings. The van der Waals surface area contributed by atoms with E-state index in [1.54, 1.807) is 48.5 Å². The minimum absolute atomic E-state index is 0.133. The highest BCUT2D eigenvalue weighted by atomic mass is 16.5. The van der Waals surface area contributed by atoms with Crippen LogP contribution in [0.4, 0.5) is 0 Å². The molecule has 0 amide bonds. The van der Waals surface area contributed by atoms with Crippen molar-refractivity contribution in [1.82, 2.24) is 14.1 Å². The summed E-state index contributed by atoms with van der Waals surface area (Å²) in [5.74, 6) is 0.480. The summed E-state index contributed by atoms with van der Waals surface area (Å²) in [4.78, 5) is 4.05. The van der Waals surface area contributed by atoms with Crippen molar-refractivity contribution in [2.45, 2.75) is 19.5 Å². The molecule has 30 heavy (non-hydrogen) atoms. The van der Waals surface area contributed by atoms with Crippen molar-refractivity contribution in [2.24, 2.45) is 0 Å². The first-order chi connectivity index (χ1) is 14.6. The van der Waals surface area contributed by atoms with E-state index in [1.807, 2.05) is 35.0 Å². The number of nitrogens with zero attached hydrogens (tertiary/aromatic N) is 3. The van der Waals surface area contributed by atoms with E-state index in [1.165, 1.54) is 0 Å². The van der Waals surface area contributed by atoms with Gasteiger partial charge in [-0.3, -0.25) is 0 Å². The molecule has 0 aliphatic carbocycles. The Labute approximate surface area is 174 Å². The average Bonchev–Trinajstić information content (AvgIpc) is 3.37. The maximum Gasteiger partial charge on any atom is 0.235 e. The molecule has 0 atom stereocenters. The van der Waals surface area contributed by atoms with Crippen LogP contribution in [-0.2, 0) is 13.1 Å². The third kappa shape index (κ3) is 3.69.